The van der Waals surface area contributed by atoms with Gasteiger partial charge in [-0.2, -0.15) is 9.61 Å². The number of nitrogens with zero attached hydrogens (tertiary/aromatic N) is 3. The number of benzene rings is 2. The number of nitrogens with one attached hydrogen (secondary N) is 1. The molecule has 0 aliphatic rings. The van der Waals surface area contributed by atoms with Crippen LogP contribution < -0.4 is 10.9 Å². The Bertz CT molecular complexity index is 1380. The molecule has 4 rings (SSSR count). The third-order valence-electron chi connectivity index (χ3n) is 4.66. The summed E-state index contributed by atoms with van der Waals surface area (Å²) in [5.74, 6) is -1.04. The molecular weight excluding hydrogens is 464 g/mol. The predicted octanol–water partition coefficient (Wildman–Crippen LogP) is 4.37. The number of aromatic nitrogens is 3. The maximum atomic E-state index is 12.7. The van der Waals surface area contributed by atoms with Crippen LogP contribution in [0.25, 0.3) is 4.96 Å². The van der Waals surface area contributed by atoms with Crippen molar-refractivity contribution in [1.29, 1.82) is 0 Å². The van der Waals surface area contributed by atoms with Crippen LogP contribution in [0.5, 0.6) is 0 Å². The van der Waals surface area contributed by atoms with E-state index in [1.807, 2.05) is 6.92 Å². The minimum Gasteiger partial charge on any atom is -0.456 e. The minimum atomic E-state index is -0.653. The highest BCUT2D eigenvalue weighted by Gasteiger charge is 2.16. The highest BCUT2D eigenvalue weighted by Crippen LogP contribution is 2.19. The molecule has 10 heteroatoms. The number of rotatable bonds is 7. The van der Waals surface area contributed by atoms with Gasteiger partial charge in [0, 0.05) is 23.1 Å². The molecule has 0 bridgehead atoms. The number of carbonyl (C=O) groups is 2. The van der Waals surface area contributed by atoms with E-state index in [-0.39, 0.29) is 23.6 Å². The first-order valence-corrected chi connectivity index (χ1v) is 11.4. The fourth-order valence-corrected chi connectivity index (χ4v) is 4.21. The Balaban J connectivity index is 1.48. The molecule has 168 valence electrons. The summed E-state index contributed by atoms with van der Waals surface area (Å²) in [7, 11) is 0. The summed E-state index contributed by atoms with van der Waals surface area (Å²) >= 11 is 7.20. The first kappa shape index (κ1) is 22.6. The number of esters is 1. The van der Waals surface area contributed by atoms with Crippen LogP contribution in [0.2, 0.25) is 5.02 Å². The number of hydrogen-bond donors (Lipinski definition) is 1. The van der Waals surface area contributed by atoms with Gasteiger partial charge in [0.15, 0.2) is 0 Å². The number of para-hydroxylation sites is 1. The van der Waals surface area contributed by atoms with Crippen molar-refractivity contribution in [2.24, 2.45) is 0 Å². The Kier molecular flexibility index (Phi) is 6.81. The zero-order valence-corrected chi connectivity index (χ0v) is 19.2. The van der Waals surface area contributed by atoms with Gasteiger partial charge in [-0.25, -0.2) is 9.78 Å². The van der Waals surface area contributed by atoms with Crippen molar-refractivity contribution in [3.8, 4) is 0 Å². The van der Waals surface area contributed by atoms with E-state index >= 15 is 0 Å². The van der Waals surface area contributed by atoms with Crippen molar-refractivity contribution in [1.82, 2.24) is 14.6 Å². The van der Waals surface area contributed by atoms with E-state index in [0.717, 1.165) is 17.8 Å². The highest BCUT2D eigenvalue weighted by molar-refractivity contribution is 7.16. The summed E-state index contributed by atoms with van der Waals surface area (Å²) in [6.07, 6.45) is 1.67. The predicted molar refractivity (Wildman–Crippen MR) is 126 cm³/mol. The number of halogens is 1. The van der Waals surface area contributed by atoms with Crippen LogP contribution in [-0.2, 0) is 17.8 Å². The van der Waals surface area contributed by atoms with Gasteiger partial charge >= 0.3 is 5.97 Å². The molecular formula is C23H19ClN4O4S. The van der Waals surface area contributed by atoms with E-state index in [0.29, 0.717) is 26.9 Å². The Hall–Kier alpha value is -3.56. The van der Waals surface area contributed by atoms with Crippen LogP contribution >= 0.6 is 22.9 Å². The summed E-state index contributed by atoms with van der Waals surface area (Å²) in [6, 6.07) is 14.2. The van der Waals surface area contributed by atoms with E-state index in [2.05, 4.69) is 15.4 Å². The first-order valence-electron chi connectivity index (χ1n) is 10.2. The number of carbonyl (C=O) groups excluding carboxylic acids is 2. The van der Waals surface area contributed by atoms with Crippen molar-refractivity contribution in [3.05, 3.63) is 91.8 Å². The van der Waals surface area contributed by atoms with Crippen LogP contribution in [0, 0.1) is 0 Å². The molecule has 0 spiro atoms. The van der Waals surface area contributed by atoms with Crippen LogP contribution in [0.3, 0.4) is 0 Å². The van der Waals surface area contributed by atoms with Crippen LogP contribution in [0.15, 0.2) is 59.4 Å². The van der Waals surface area contributed by atoms with E-state index < -0.39 is 5.97 Å². The lowest BCUT2D eigenvalue weighted by Crippen LogP contribution is -2.18. The largest absolute Gasteiger partial charge is 0.456 e. The van der Waals surface area contributed by atoms with Crippen molar-refractivity contribution < 1.29 is 14.3 Å². The van der Waals surface area contributed by atoms with Crippen molar-refractivity contribution >= 4 is 45.5 Å². The zero-order chi connectivity index (χ0) is 23.4. The molecule has 33 heavy (non-hydrogen) atoms. The molecule has 1 amide bonds. The van der Waals surface area contributed by atoms with Gasteiger partial charge < -0.3 is 10.1 Å². The Labute approximate surface area is 197 Å². The summed E-state index contributed by atoms with van der Waals surface area (Å²) in [5.41, 5.74) is 0.869. The summed E-state index contributed by atoms with van der Waals surface area (Å²) < 4.78 is 6.63. The number of ether oxygens (including phenoxy) is 1. The summed E-state index contributed by atoms with van der Waals surface area (Å²) in [5, 5.41) is 8.31. The molecule has 0 saturated heterocycles. The zero-order valence-electron chi connectivity index (χ0n) is 17.6. The quantitative estimate of drug-likeness (QED) is 0.392. The number of amides is 1. The molecule has 0 fully saturated rings. The van der Waals surface area contributed by atoms with E-state index in [4.69, 9.17) is 16.3 Å². The van der Waals surface area contributed by atoms with Crippen molar-refractivity contribution in [3.63, 3.8) is 0 Å². The van der Waals surface area contributed by atoms with Gasteiger partial charge in [-0.3, -0.25) is 9.59 Å². The molecule has 2 heterocycles. The molecule has 2 aromatic heterocycles. The average Bonchev–Trinajstić information content (AvgIpc) is 3.22. The smallest absolute Gasteiger partial charge is 0.340 e. The van der Waals surface area contributed by atoms with Gasteiger partial charge in [0.05, 0.1) is 16.9 Å². The fourth-order valence-electron chi connectivity index (χ4n) is 3.07. The molecule has 0 aliphatic carbocycles. The van der Waals surface area contributed by atoms with E-state index in [1.54, 1.807) is 48.5 Å². The second kappa shape index (κ2) is 9.93. The fraction of sp³-hybridized carbons (Fsp3) is 0.174. The number of hydrogen-bond acceptors (Lipinski definition) is 7. The van der Waals surface area contributed by atoms with E-state index in [9.17, 15) is 14.4 Å². The Morgan fingerprint density at radius 1 is 1.15 bits per heavy atom. The second-order valence-corrected chi connectivity index (χ2v) is 8.59. The average molecular weight is 483 g/mol. The van der Waals surface area contributed by atoms with Crippen LogP contribution in [0.1, 0.15) is 44.8 Å². The lowest BCUT2D eigenvalue weighted by molar-refractivity contribution is 0.0469. The Morgan fingerprint density at radius 3 is 2.67 bits per heavy atom. The van der Waals surface area contributed by atoms with Gasteiger partial charge in [0.25, 0.3) is 11.5 Å². The molecule has 0 unspecified atom stereocenters. The summed E-state index contributed by atoms with van der Waals surface area (Å²) in [4.78, 5) is 42.4. The number of fused-ring (bicyclic) bond motifs is 1. The van der Waals surface area contributed by atoms with Gasteiger partial charge in [0.2, 0.25) is 4.96 Å². The summed E-state index contributed by atoms with van der Waals surface area (Å²) in [6.45, 7) is 1.84. The minimum absolute atomic E-state index is 0.181. The topological polar surface area (TPSA) is 103 Å². The van der Waals surface area contributed by atoms with Gasteiger partial charge in [-0.1, -0.05) is 42.0 Å². The molecule has 8 nitrogen and oxygen atoms in total. The molecule has 0 saturated carbocycles. The van der Waals surface area contributed by atoms with Crippen molar-refractivity contribution in [2.75, 3.05) is 5.32 Å². The maximum absolute atomic E-state index is 12.7. The van der Waals surface area contributed by atoms with Crippen LogP contribution in [-0.4, -0.2) is 26.5 Å². The normalized spacial score (nSPS) is 10.8. The first-order chi connectivity index (χ1) is 15.9. The molecule has 0 aliphatic heterocycles. The molecule has 0 atom stereocenters. The van der Waals surface area contributed by atoms with Crippen LogP contribution in [0.4, 0.5) is 5.69 Å². The Morgan fingerprint density at radius 2 is 1.91 bits per heavy atom. The van der Waals surface area contributed by atoms with Gasteiger partial charge in [0.1, 0.15) is 11.6 Å². The highest BCUT2D eigenvalue weighted by atomic mass is 35.5. The lowest BCUT2D eigenvalue weighted by atomic mass is 10.1. The lowest BCUT2D eigenvalue weighted by Gasteiger charge is -2.11. The van der Waals surface area contributed by atoms with E-state index in [1.165, 1.54) is 21.9 Å². The molecule has 4 aromatic rings. The van der Waals surface area contributed by atoms with Gasteiger partial charge in [-0.05, 0) is 42.8 Å². The molecule has 1 N–H and O–H groups in total. The SMILES string of the molecule is CCCc1nn2c(=O)cc(COC(=O)c3ccccc3NC(=O)c3ccc(Cl)cc3)nc2s1. The maximum Gasteiger partial charge on any atom is 0.340 e. The monoisotopic (exact) mass is 482 g/mol. The number of aryl methyl sites for hydroxylation is 1. The second-order valence-electron chi connectivity index (χ2n) is 7.11. The third kappa shape index (κ3) is 5.27. The number of anilines is 1. The standard InChI is InChI=1S/C23H19ClN4O4S/c1-2-5-19-27-28-20(29)12-16(25-23(28)33-19)13-32-22(31)17-6-3-4-7-18(17)26-21(30)14-8-10-15(24)11-9-14/h3-4,6-12H,2,5,13H2,1H3,(H,26,30). The molecule has 2 aromatic carbocycles. The molecule has 0 radical (unpaired) electrons. The van der Waals surface area contributed by atoms with Crippen molar-refractivity contribution in [2.45, 2.75) is 26.4 Å². The third-order valence-corrected chi connectivity index (χ3v) is 5.88. The van der Waals surface area contributed by atoms with Gasteiger partial charge in [-0.15, -0.1) is 0 Å².